The maximum atomic E-state index is 12.4. The first-order valence-electron chi connectivity index (χ1n) is 6.24. The van der Waals surface area contributed by atoms with Gasteiger partial charge in [-0.15, -0.1) is 10.2 Å². The van der Waals surface area contributed by atoms with Crippen molar-refractivity contribution in [3.63, 3.8) is 0 Å². The minimum Gasteiger partial charge on any atom is -0.383 e. The summed E-state index contributed by atoms with van der Waals surface area (Å²) in [5.41, 5.74) is 2.67. The summed E-state index contributed by atoms with van der Waals surface area (Å²) in [6.45, 7) is 5.05. The number of hydrazine groups is 1. The van der Waals surface area contributed by atoms with E-state index >= 15 is 0 Å². The van der Waals surface area contributed by atoms with E-state index < -0.39 is 0 Å². The molecule has 0 fully saturated rings. The van der Waals surface area contributed by atoms with Gasteiger partial charge in [-0.1, -0.05) is 6.92 Å². The monoisotopic (exact) mass is 267 g/mol. The van der Waals surface area contributed by atoms with Gasteiger partial charge in [-0.25, -0.2) is 5.84 Å². The number of hydrogen-bond acceptors (Lipinski definition) is 6. The number of nitrogen functional groups attached to an aromatic ring is 1. The Morgan fingerprint density at radius 2 is 2.26 bits per heavy atom. The normalized spacial score (nSPS) is 12.0. The Morgan fingerprint density at radius 1 is 1.53 bits per heavy atom. The minimum atomic E-state index is -0.150. The number of ether oxygens (including phenoxy) is 1. The van der Waals surface area contributed by atoms with Crippen LogP contribution in [0.1, 0.15) is 30.8 Å². The van der Waals surface area contributed by atoms with Crippen molar-refractivity contribution in [2.75, 3.05) is 25.7 Å². The van der Waals surface area contributed by atoms with Crippen molar-refractivity contribution in [1.82, 2.24) is 15.1 Å². The second-order valence-electron chi connectivity index (χ2n) is 4.20. The van der Waals surface area contributed by atoms with Crippen molar-refractivity contribution in [2.45, 2.75) is 26.3 Å². The SMILES string of the molecule is CCC(C)N(CCOC)C(=O)c1ccc(NN)nn1. The number of amides is 1. The van der Waals surface area contributed by atoms with Crippen LogP contribution in [0.25, 0.3) is 0 Å². The van der Waals surface area contributed by atoms with Crippen molar-refractivity contribution >= 4 is 11.7 Å². The topological polar surface area (TPSA) is 93.4 Å². The fourth-order valence-corrected chi connectivity index (χ4v) is 1.60. The molecular weight excluding hydrogens is 246 g/mol. The number of carbonyl (C=O) groups excluding carboxylic acids is 1. The summed E-state index contributed by atoms with van der Waals surface area (Å²) in [7, 11) is 1.61. The third-order valence-corrected chi connectivity index (χ3v) is 2.95. The third-order valence-electron chi connectivity index (χ3n) is 2.95. The molecule has 1 rings (SSSR count). The summed E-state index contributed by atoms with van der Waals surface area (Å²) in [6, 6.07) is 3.34. The molecule has 0 aliphatic carbocycles. The molecule has 0 bridgehead atoms. The number of nitrogens with two attached hydrogens (primary N) is 1. The maximum Gasteiger partial charge on any atom is 0.274 e. The van der Waals surface area contributed by atoms with E-state index in [1.807, 2.05) is 13.8 Å². The largest absolute Gasteiger partial charge is 0.383 e. The summed E-state index contributed by atoms with van der Waals surface area (Å²) < 4.78 is 5.03. The fourth-order valence-electron chi connectivity index (χ4n) is 1.60. The predicted octanol–water partition coefficient (Wildman–Crippen LogP) is 0.649. The zero-order chi connectivity index (χ0) is 14.3. The van der Waals surface area contributed by atoms with Gasteiger partial charge in [-0.3, -0.25) is 4.79 Å². The van der Waals surface area contributed by atoms with E-state index in [0.29, 0.717) is 24.7 Å². The van der Waals surface area contributed by atoms with Crippen molar-refractivity contribution in [3.05, 3.63) is 17.8 Å². The predicted molar refractivity (Wildman–Crippen MR) is 72.5 cm³/mol. The molecule has 0 aliphatic heterocycles. The molecule has 1 atom stereocenters. The Morgan fingerprint density at radius 3 is 2.74 bits per heavy atom. The van der Waals surface area contributed by atoms with Gasteiger partial charge in [0.25, 0.3) is 5.91 Å². The Bertz CT molecular complexity index is 396. The summed E-state index contributed by atoms with van der Waals surface area (Å²) in [5, 5.41) is 7.67. The van der Waals surface area contributed by atoms with Crippen LogP contribution in [0, 0.1) is 0 Å². The highest BCUT2D eigenvalue weighted by atomic mass is 16.5. The third kappa shape index (κ3) is 4.15. The minimum absolute atomic E-state index is 0.122. The van der Waals surface area contributed by atoms with Gasteiger partial charge >= 0.3 is 0 Å². The lowest BCUT2D eigenvalue weighted by Gasteiger charge is -2.27. The van der Waals surface area contributed by atoms with Gasteiger partial charge in [-0.05, 0) is 25.5 Å². The Kier molecular flexibility index (Phi) is 6.17. The highest BCUT2D eigenvalue weighted by Crippen LogP contribution is 2.09. The van der Waals surface area contributed by atoms with Crippen LogP contribution in [0.5, 0.6) is 0 Å². The Hall–Kier alpha value is -1.73. The lowest BCUT2D eigenvalue weighted by Crippen LogP contribution is -2.41. The molecule has 1 unspecified atom stereocenters. The molecule has 0 aliphatic rings. The number of rotatable bonds is 7. The summed E-state index contributed by atoms with van der Waals surface area (Å²) in [6.07, 6.45) is 0.866. The molecular formula is C12H21N5O2. The van der Waals surface area contributed by atoms with E-state index in [2.05, 4.69) is 15.6 Å². The number of nitrogens with zero attached hydrogens (tertiary/aromatic N) is 3. The van der Waals surface area contributed by atoms with Crippen molar-refractivity contribution in [2.24, 2.45) is 5.84 Å². The first kappa shape index (κ1) is 15.3. The van der Waals surface area contributed by atoms with Gasteiger partial charge in [0, 0.05) is 19.7 Å². The number of aromatic nitrogens is 2. The van der Waals surface area contributed by atoms with Gasteiger partial charge in [0.1, 0.15) is 0 Å². The molecule has 1 aromatic heterocycles. The van der Waals surface area contributed by atoms with Gasteiger partial charge in [-0.2, -0.15) is 0 Å². The van der Waals surface area contributed by atoms with E-state index in [0.717, 1.165) is 6.42 Å². The number of hydrogen-bond donors (Lipinski definition) is 2. The zero-order valence-corrected chi connectivity index (χ0v) is 11.6. The Balaban J connectivity index is 2.84. The molecule has 0 radical (unpaired) electrons. The van der Waals surface area contributed by atoms with Gasteiger partial charge < -0.3 is 15.1 Å². The fraction of sp³-hybridized carbons (Fsp3) is 0.583. The Labute approximate surface area is 113 Å². The molecule has 106 valence electrons. The number of anilines is 1. The number of nitrogens with one attached hydrogen (secondary N) is 1. The molecule has 1 heterocycles. The quantitative estimate of drug-likeness (QED) is 0.556. The molecule has 1 amide bonds. The van der Waals surface area contributed by atoms with E-state index in [1.165, 1.54) is 0 Å². The molecule has 7 heteroatoms. The molecule has 0 spiro atoms. The summed E-state index contributed by atoms with van der Waals surface area (Å²) in [4.78, 5) is 14.1. The number of methoxy groups -OCH3 is 1. The van der Waals surface area contributed by atoms with Crippen LogP contribution in [-0.4, -0.2) is 47.3 Å². The zero-order valence-electron chi connectivity index (χ0n) is 11.6. The van der Waals surface area contributed by atoms with Gasteiger partial charge in [0.05, 0.1) is 6.61 Å². The lowest BCUT2D eigenvalue weighted by molar-refractivity contribution is 0.0607. The molecule has 7 nitrogen and oxygen atoms in total. The summed E-state index contributed by atoms with van der Waals surface area (Å²) >= 11 is 0. The van der Waals surface area contributed by atoms with Crippen molar-refractivity contribution in [1.29, 1.82) is 0 Å². The van der Waals surface area contributed by atoms with Crippen LogP contribution in [0.15, 0.2) is 12.1 Å². The smallest absolute Gasteiger partial charge is 0.274 e. The van der Waals surface area contributed by atoms with E-state index in [-0.39, 0.29) is 11.9 Å². The van der Waals surface area contributed by atoms with Crippen LogP contribution < -0.4 is 11.3 Å². The molecule has 0 saturated carbocycles. The molecule has 1 aromatic rings. The van der Waals surface area contributed by atoms with Crippen molar-refractivity contribution in [3.8, 4) is 0 Å². The standard InChI is InChI=1S/C12H21N5O2/c1-4-9(2)17(7-8-19-3)12(18)10-5-6-11(14-13)16-15-10/h5-6,9H,4,7-8,13H2,1-3H3,(H,14,16). The average molecular weight is 267 g/mol. The highest BCUT2D eigenvalue weighted by molar-refractivity contribution is 5.92. The first-order chi connectivity index (χ1) is 9.13. The van der Waals surface area contributed by atoms with Crippen LogP contribution in [0.2, 0.25) is 0 Å². The average Bonchev–Trinajstić information content (AvgIpc) is 2.47. The second-order valence-corrected chi connectivity index (χ2v) is 4.20. The summed E-state index contributed by atoms with van der Waals surface area (Å²) in [5.74, 6) is 5.48. The van der Waals surface area contributed by atoms with Crippen LogP contribution in [0.3, 0.4) is 0 Å². The van der Waals surface area contributed by atoms with Crippen LogP contribution in [-0.2, 0) is 4.74 Å². The van der Waals surface area contributed by atoms with Crippen LogP contribution >= 0.6 is 0 Å². The molecule has 0 aromatic carbocycles. The lowest BCUT2D eigenvalue weighted by atomic mass is 10.2. The van der Waals surface area contributed by atoms with E-state index in [9.17, 15) is 4.79 Å². The highest BCUT2D eigenvalue weighted by Gasteiger charge is 2.21. The van der Waals surface area contributed by atoms with Crippen molar-refractivity contribution < 1.29 is 9.53 Å². The maximum absolute atomic E-state index is 12.4. The van der Waals surface area contributed by atoms with Crippen LogP contribution in [0.4, 0.5) is 5.82 Å². The molecule has 0 saturated heterocycles. The number of carbonyl (C=O) groups is 1. The van der Waals surface area contributed by atoms with Gasteiger partial charge in [0.2, 0.25) is 0 Å². The molecule has 3 N–H and O–H groups in total. The molecule has 19 heavy (non-hydrogen) atoms. The van der Waals surface area contributed by atoms with Gasteiger partial charge in [0.15, 0.2) is 11.5 Å². The second kappa shape index (κ2) is 7.65. The van der Waals surface area contributed by atoms with E-state index in [1.54, 1.807) is 24.1 Å². The first-order valence-corrected chi connectivity index (χ1v) is 6.24. The van der Waals surface area contributed by atoms with E-state index in [4.69, 9.17) is 10.6 Å².